The van der Waals surface area contributed by atoms with Gasteiger partial charge in [0.05, 0.1) is 18.2 Å². The SMILES string of the molecule is COc1n[nH]c(NC(=O)c2cc([N+](=O)[O-])cn2C(C)C)n1. The molecule has 0 atom stereocenters. The van der Waals surface area contributed by atoms with Gasteiger partial charge in [-0.3, -0.25) is 20.2 Å². The molecule has 112 valence electrons. The van der Waals surface area contributed by atoms with E-state index >= 15 is 0 Å². The van der Waals surface area contributed by atoms with Crippen molar-refractivity contribution in [3.8, 4) is 6.01 Å². The first-order valence-electron chi connectivity index (χ1n) is 6.06. The van der Waals surface area contributed by atoms with Crippen molar-refractivity contribution < 1.29 is 14.5 Å². The fraction of sp³-hybridized carbons (Fsp3) is 0.364. The molecule has 0 fully saturated rings. The minimum Gasteiger partial charge on any atom is -0.466 e. The Morgan fingerprint density at radius 3 is 2.81 bits per heavy atom. The number of carbonyl (C=O) groups excluding carboxylic acids is 1. The number of H-pyrrole nitrogens is 1. The zero-order valence-corrected chi connectivity index (χ0v) is 11.7. The highest BCUT2D eigenvalue weighted by Crippen LogP contribution is 2.21. The number of amides is 1. The minimum absolute atomic E-state index is 0.0792. The fourth-order valence-electron chi connectivity index (χ4n) is 1.74. The molecule has 0 spiro atoms. The molecule has 0 saturated carbocycles. The fourth-order valence-corrected chi connectivity index (χ4v) is 1.74. The van der Waals surface area contributed by atoms with Crippen LogP contribution in [-0.4, -0.2) is 37.7 Å². The highest BCUT2D eigenvalue weighted by molar-refractivity contribution is 6.02. The Morgan fingerprint density at radius 2 is 2.29 bits per heavy atom. The Hall–Kier alpha value is -2.91. The number of hydrogen-bond acceptors (Lipinski definition) is 6. The van der Waals surface area contributed by atoms with Crippen LogP contribution in [0.3, 0.4) is 0 Å². The lowest BCUT2D eigenvalue weighted by Crippen LogP contribution is -2.18. The number of methoxy groups -OCH3 is 1. The number of rotatable bonds is 5. The van der Waals surface area contributed by atoms with E-state index in [4.69, 9.17) is 4.74 Å². The van der Waals surface area contributed by atoms with Crippen molar-refractivity contribution in [2.75, 3.05) is 12.4 Å². The van der Waals surface area contributed by atoms with Crippen LogP contribution in [0.5, 0.6) is 6.01 Å². The van der Waals surface area contributed by atoms with Crippen LogP contribution in [0.15, 0.2) is 12.3 Å². The first-order valence-corrected chi connectivity index (χ1v) is 6.06. The second-order valence-electron chi connectivity index (χ2n) is 4.47. The molecule has 0 aliphatic carbocycles. The van der Waals surface area contributed by atoms with Crippen molar-refractivity contribution in [2.45, 2.75) is 19.9 Å². The Kier molecular flexibility index (Phi) is 3.87. The third-order valence-electron chi connectivity index (χ3n) is 2.71. The highest BCUT2D eigenvalue weighted by Gasteiger charge is 2.21. The molecule has 2 N–H and O–H groups in total. The summed E-state index contributed by atoms with van der Waals surface area (Å²) in [6, 6.07) is 1.18. The molecule has 2 aromatic rings. The lowest BCUT2D eigenvalue weighted by Gasteiger charge is -2.10. The molecule has 2 rings (SSSR count). The molecular weight excluding hydrogens is 280 g/mol. The Labute approximate surface area is 119 Å². The van der Waals surface area contributed by atoms with Gasteiger partial charge in [0, 0.05) is 12.1 Å². The Balaban J connectivity index is 2.27. The Morgan fingerprint density at radius 1 is 1.57 bits per heavy atom. The van der Waals surface area contributed by atoms with Gasteiger partial charge in [-0.1, -0.05) is 0 Å². The Bertz CT molecular complexity index is 674. The van der Waals surface area contributed by atoms with Gasteiger partial charge in [0.1, 0.15) is 5.69 Å². The molecular formula is C11H14N6O4. The maximum atomic E-state index is 12.2. The molecule has 10 nitrogen and oxygen atoms in total. The van der Waals surface area contributed by atoms with Gasteiger partial charge in [-0.2, -0.15) is 4.98 Å². The quantitative estimate of drug-likeness (QED) is 0.632. The van der Waals surface area contributed by atoms with Crippen molar-refractivity contribution in [2.24, 2.45) is 0 Å². The van der Waals surface area contributed by atoms with E-state index in [0.29, 0.717) is 0 Å². The third kappa shape index (κ3) is 2.99. The topological polar surface area (TPSA) is 128 Å². The van der Waals surface area contributed by atoms with Crippen LogP contribution in [0.1, 0.15) is 30.4 Å². The smallest absolute Gasteiger partial charge is 0.336 e. The molecule has 2 heterocycles. The van der Waals surface area contributed by atoms with Crippen molar-refractivity contribution >= 4 is 17.5 Å². The van der Waals surface area contributed by atoms with Crippen LogP contribution in [0.2, 0.25) is 0 Å². The summed E-state index contributed by atoms with van der Waals surface area (Å²) in [5.74, 6) is -0.438. The first kappa shape index (κ1) is 14.5. The summed E-state index contributed by atoms with van der Waals surface area (Å²) in [7, 11) is 1.39. The number of hydrogen-bond donors (Lipinski definition) is 2. The summed E-state index contributed by atoms with van der Waals surface area (Å²) < 4.78 is 6.30. The zero-order valence-electron chi connectivity index (χ0n) is 11.7. The number of aromatic nitrogens is 4. The largest absolute Gasteiger partial charge is 0.466 e. The van der Waals surface area contributed by atoms with Crippen LogP contribution < -0.4 is 10.1 Å². The van der Waals surface area contributed by atoms with Gasteiger partial charge in [0.2, 0.25) is 5.95 Å². The van der Waals surface area contributed by atoms with Gasteiger partial charge in [-0.15, -0.1) is 5.10 Å². The predicted octanol–water partition coefficient (Wildman–Crippen LogP) is 1.36. The maximum Gasteiger partial charge on any atom is 0.336 e. The molecule has 2 aromatic heterocycles. The monoisotopic (exact) mass is 294 g/mol. The van der Waals surface area contributed by atoms with Crippen molar-refractivity contribution in [1.82, 2.24) is 19.7 Å². The third-order valence-corrected chi connectivity index (χ3v) is 2.71. The summed E-state index contributed by atoms with van der Waals surface area (Å²) in [6.45, 7) is 3.63. The predicted molar refractivity (Wildman–Crippen MR) is 72.4 cm³/mol. The van der Waals surface area contributed by atoms with Gasteiger partial charge < -0.3 is 9.30 Å². The van der Waals surface area contributed by atoms with Crippen LogP contribution in [0.4, 0.5) is 11.6 Å². The van der Waals surface area contributed by atoms with Crippen molar-refractivity contribution in [1.29, 1.82) is 0 Å². The van der Waals surface area contributed by atoms with Gasteiger partial charge in [0.15, 0.2) is 0 Å². The second-order valence-corrected chi connectivity index (χ2v) is 4.47. The van der Waals surface area contributed by atoms with E-state index in [1.807, 2.05) is 13.8 Å². The van der Waals surface area contributed by atoms with E-state index < -0.39 is 10.8 Å². The molecule has 0 bridgehead atoms. The molecule has 0 aliphatic heterocycles. The van der Waals surface area contributed by atoms with E-state index in [1.54, 1.807) is 0 Å². The molecule has 0 saturated heterocycles. The normalized spacial score (nSPS) is 10.7. The van der Waals surface area contributed by atoms with Gasteiger partial charge >= 0.3 is 6.01 Å². The van der Waals surface area contributed by atoms with Crippen molar-refractivity contribution in [3.05, 3.63) is 28.1 Å². The van der Waals surface area contributed by atoms with Crippen LogP contribution in [0.25, 0.3) is 0 Å². The lowest BCUT2D eigenvalue weighted by atomic mass is 10.3. The van der Waals surface area contributed by atoms with E-state index in [2.05, 4.69) is 20.5 Å². The molecule has 0 aromatic carbocycles. The van der Waals surface area contributed by atoms with Gasteiger partial charge in [0.25, 0.3) is 11.6 Å². The number of aromatic amines is 1. The number of nitrogens with zero attached hydrogens (tertiary/aromatic N) is 4. The van der Waals surface area contributed by atoms with E-state index in [0.717, 1.165) is 0 Å². The molecule has 21 heavy (non-hydrogen) atoms. The number of anilines is 1. The van der Waals surface area contributed by atoms with Crippen LogP contribution >= 0.6 is 0 Å². The molecule has 0 aliphatic rings. The summed E-state index contributed by atoms with van der Waals surface area (Å²) in [4.78, 5) is 26.3. The zero-order chi connectivity index (χ0) is 15.6. The van der Waals surface area contributed by atoms with Gasteiger partial charge in [-0.05, 0) is 13.8 Å². The summed E-state index contributed by atoms with van der Waals surface area (Å²) in [5.41, 5.74) is 0.0102. The number of nitrogens with one attached hydrogen (secondary N) is 2. The van der Waals surface area contributed by atoms with E-state index in [9.17, 15) is 14.9 Å². The highest BCUT2D eigenvalue weighted by atomic mass is 16.6. The summed E-state index contributed by atoms with van der Waals surface area (Å²) >= 11 is 0. The number of ether oxygens (including phenoxy) is 1. The summed E-state index contributed by atoms with van der Waals surface area (Å²) in [5, 5.41) is 19.5. The average molecular weight is 294 g/mol. The molecule has 0 radical (unpaired) electrons. The second kappa shape index (κ2) is 5.61. The summed E-state index contributed by atoms with van der Waals surface area (Å²) in [6.07, 6.45) is 1.32. The maximum absolute atomic E-state index is 12.2. The number of carbonyl (C=O) groups is 1. The van der Waals surface area contributed by atoms with Crippen molar-refractivity contribution in [3.63, 3.8) is 0 Å². The average Bonchev–Trinajstić information content (AvgIpc) is 3.04. The molecule has 10 heteroatoms. The van der Waals surface area contributed by atoms with Gasteiger partial charge in [-0.25, -0.2) is 5.10 Å². The first-order chi connectivity index (χ1) is 9.92. The van der Waals surface area contributed by atoms with E-state index in [1.165, 1.54) is 23.9 Å². The molecule has 1 amide bonds. The van der Waals surface area contributed by atoms with Crippen LogP contribution in [-0.2, 0) is 0 Å². The lowest BCUT2D eigenvalue weighted by molar-refractivity contribution is -0.384. The molecule has 0 unspecified atom stereocenters. The number of nitro groups is 1. The van der Waals surface area contributed by atoms with E-state index in [-0.39, 0.29) is 29.4 Å². The standard InChI is InChI=1S/C11H14N6O4/c1-6(2)16-5-7(17(19)20)4-8(16)9(18)12-10-13-11(21-3)15-14-10/h4-6H,1-3H3,(H2,12,13,14,15,18). The minimum atomic E-state index is -0.548. The van der Waals surface area contributed by atoms with Crippen LogP contribution in [0, 0.1) is 10.1 Å².